The predicted octanol–water partition coefficient (Wildman–Crippen LogP) is 4.43. The lowest BCUT2D eigenvalue weighted by Crippen LogP contribution is -2.31. The van der Waals surface area contributed by atoms with Gasteiger partial charge in [0, 0.05) is 16.9 Å². The van der Waals surface area contributed by atoms with Gasteiger partial charge in [-0.2, -0.15) is 0 Å². The predicted molar refractivity (Wildman–Crippen MR) is 85.7 cm³/mol. The molecule has 6 heteroatoms. The van der Waals surface area contributed by atoms with E-state index in [2.05, 4.69) is 5.16 Å². The second kappa shape index (κ2) is 6.37. The highest BCUT2D eigenvalue weighted by molar-refractivity contribution is 7.14. The van der Waals surface area contributed by atoms with E-state index in [9.17, 15) is 8.78 Å². The van der Waals surface area contributed by atoms with E-state index in [1.54, 1.807) is 11.3 Å². The maximum absolute atomic E-state index is 13.6. The lowest BCUT2D eigenvalue weighted by molar-refractivity contribution is -0.0716. The van der Waals surface area contributed by atoms with Gasteiger partial charge >= 0.3 is 0 Å². The summed E-state index contributed by atoms with van der Waals surface area (Å²) in [6, 6.07) is 7.82. The van der Waals surface area contributed by atoms with Crippen LogP contribution in [-0.4, -0.2) is 17.9 Å². The highest BCUT2D eigenvalue weighted by Gasteiger charge is 2.35. The van der Waals surface area contributed by atoms with E-state index in [1.165, 1.54) is 23.1 Å². The molecule has 0 bridgehead atoms. The van der Waals surface area contributed by atoms with Crippen molar-refractivity contribution in [3.8, 4) is 0 Å². The summed E-state index contributed by atoms with van der Waals surface area (Å²) in [5, 5.41) is 4.13. The minimum Gasteiger partial charge on any atom is -0.386 e. The van der Waals surface area contributed by atoms with Gasteiger partial charge in [0.1, 0.15) is 17.3 Å². The molecule has 3 nitrogen and oxygen atoms in total. The first-order valence-corrected chi connectivity index (χ1v) is 8.11. The van der Waals surface area contributed by atoms with Gasteiger partial charge in [0.05, 0.1) is 18.1 Å². The lowest BCUT2D eigenvalue weighted by Gasteiger charge is -2.21. The number of oxime groups is 1. The van der Waals surface area contributed by atoms with Crippen LogP contribution in [0.25, 0.3) is 0 Å². The Morgan fingerprint density at radius 1 is 1.26 bits per heavy atom. The Hall–Kier alpha value is -1.79. The van der Waals surface area contributed by atoms with E-state index in [0.717, 1.165) is 10.6 Å². The second-order valence-electron chi connectivity index (χ2n) is 5.86. The van der Waals surface area contributed by atoms with Gasteiger partial charge in [-0.1, -0.05) is 11.2 Å². The van der Waals surface area contributed by atoms with Crippen LogP contribution < -0.4 is 0 Å². The Kier molecular flexibility index (Phi) is 4.46. The summed E-state index contributed by atoms with van der Waals surface area (Å²) in [7, 11) is 0. The molecule has 1 aromatic carbocycles. The Morgan fingerprint density at radius 3 is 2.65 bits per heavy atom. The topological polar surface area (TPSA) is 30.8 Å². The Balaban J connectivity index is 1.57. The van der Waals surface area contributed by atoms with Gasteiger partial charge in [0.2, 0.25) is 0 Å². The first kappa shape index (κ1) is 16.1. The third-order valence-corrected chi connectivity index (χ3v) is 4.71. The highest BCUT2D eigenvalue weighted by atomic mass is 32.1. The van der Waals surface area contributed by atoms with Gasteiger partial charge in [0.25, 0.3) is 0 Å². The van der Waals surface area contributed by atoms with Gasteiger partial charge < -0.3 is 9.57 Å². The first-order chi connectivity index (χ1) is 11.0. The van der Waals surface area contributed by atoms with Crippen molar-refractivity contribution >= 4 is 17.0 Å². The average Bonchev–Trinajstić information content (AvgIpc) is 3.09. The molecule has 1 aromatic heterocycles. The van der Waals surface area contributed by atoms with E-state index in [-0.39, 0.29) is 18.8 Å². The van der Waals surface area contributed by atoms with Crippen LogP contribution in [0.15, 0.2) is 35.5 Å². The number of halogens is 2. The molecule has 1 unspecified atom stereocenters. The number of nitrogens with zero attached hydrogens (tertiary/aromatic N) is 1. The summed E-state index contributed by atoms with van der Waals surface area (Å²) in [6.45, 7) is 3.99. The second-order valence-corrected chi connectivity index (χ2v) is 7.15. The zero-order valence-corrected chi connectivity index (χ0v) is 13.8. The molecule has 1 aliphatic rings. The minimum absolute atomic E-state index is 0.0656. The monoisotopic (exact) mass is 337 g/mol. The molecular weight excluding hydrogens is 320 g/mol. The summed E-state index contributed by atoms with van der Waals surface area (Å²) in [6.07, 6.45) is 0.604. The lowest BCUT2D eigenvalue weighted by atomic mass is 10.0. The van der Waals surface area contributed by atoms with Crippen molar-refractivity contribution in [1.82, 2.24) is 0 Å². The fourth-order valence-electron chi connectivity index (χ4n) is 2.42. The molecule has 0 N–H and O–H groups in total. The van der Waals surface area contributed by atoms with Crippen molar-refractivity contribution in [3.63, 3.8) is 0 Å². The van der Waals surface area contributed by atoms with Gasteiger partial charge in [-0.05, 0) is 38.1 Å². The first-order valence-electron chi connectivity index (χ1n) is 7.29. The molecule has 0 aliphatic carbocycles. The van der Waals surface area contributed by atoms with E-state index in [0.29, 0.717) is 6.42 Å². The Labute approximate surface area is 137 Å². The zero-order valence-electron chi connectivity index (χ0n) is 12.9. The molecule has 0 saturated carbocycles. The van der Waals surface area contributed by atoms with Crippen LogP contribution in [-0.2, 0) is 16.2 Å². The SMILES string of the molecule is Cc1ccc(C2=NOC(C)(COCc3c(F)cccc3F)C2)s1. The Morgan fingerprint density at radius 2 is 2.00 bits per heavy atom. The van der Waals surface area contributed by atoms with Crippen molar-refractivity contribution < 1.29 is 18.4 Å². The number of thiophene rings is 1. The molecule has 0 saturated heterocycles. The van der Waals surface area contributed by atoms with E-state index >= 15 is 0 Å². The summed E-state index contributed by atoms with van der Waals surface area (Å²) < 4.78 is 32.6. The standard InChI is InChI=1S/C17H17F2NO2S/c1-11-6-7-16(23-11)15-8-17(2,22-20-15)10-21-9-12-13(18)4-3-5-14(12)19/h3-7H,8-10H2,1-2H3. The highest BCUT2D eigenvalue weighted by Crippen LogP contribution is 2.30. The molecule has 0 amide bonds. The van der Waals surface area contributed by atoms with Crippen LogP contribution in [0.3, 0.4) is 0 Å². The van der Waals surface area contributed by atoms with Gasteiger partial charge in [-0.25, -0.2) is 8.78 Å². The van der Waals surface area contributed by atoms with Gasteiger partial charge in [-0.15, -0.1) is 11.3 Å². The molecule has 0 radical (unpaired) electrons. The van der Waals surface area contributed by atoms with Crippen molar-refractivity contribution in [3.05, 3.63) is 57.3 Å². The maximum atomic E-state index is 13.6. The fraction of sp³-hybridized carbons (Fsp3) is 0.353. The molecule has 122 valence electrons. The largest absolute Gasteiger partial charge is 0.386 e. The number of ether oxygens (including phenoxy) is 1. The molecule has 1 atom stereocenters. The number of aryl methyl sites for hydroxylation is 1. The molecule has 0 fully saturated rings. The van der Waals surface area contributed by atoms with E-state index in [4.69, 9.17) is 9.57 Å². The van der Waals surface area contributed by atoms with Crippen LogP contribution in [0.5, 0.6) is 0 Å². The molecule has 0 spiro atoms. The fourth-order valence-corrected chi connectivity index (χ4v) is 3.27. The van der Waals surface area contributed by atoms with Crippen LogP contribution in [0.1, 0.15) is 28.7 Å². The summed E-state index contributed by atoms with van der Waals surface area (Å²) in [4.78, 5) is 7.78. The Bertz CT molecular complexity index is 724. The molecule has 2 heterocycles. The van der Waals surface area contributed by atoms with Crippen LogP contribution in [0.2, 0.25) is 0 Å². The molecule has 1 aliphatic heterocycles. The summed E-state index contributed by atoms with van der Waals surface area (Å²) in [5.41, 5.74) is 0.199. The van der Waals surface area contributed by atoms with Gasteiger partial charge in [-0.3, -0.25) is 0 Å². The minimum atomic E-state index is -0.616. The van der Waals surface area contributed by atoms with E-state index < -0.39 is 17.2 Å². The van der Waals surface area contributed by atoms with E-state index in [1.807, 2.05) is 26.0 Å². The van der Waals surface area contributed by atoms with Crippen molar-refractivity contribution in [2.75, 3.05) is 6.61 Å². The number of rotatable bonds is 5. The van der Waals surface area contributed by atoms with Crippen LogP contribution in [0, 0.1) is 18.6 Å². The maximum Gasteiger partial charge on any atom is 0.163 e. The van der Waals surface area contributed by atoms with Crippen LogP contribution in [0.4, 0.5) is 8.78 Å². The number of hydrogen-bond donors (Lipinski definition) is 0. The van der Waals surface area contributed by atoms with Crippen molar-refractivity contribution in [2.24, 2.45) is 5.16 Å². The number of hydrogen-bond acceptors (Lipinski definition) is 4. The van der Waals surface area contributed by atoms with Gasteiger partial charge in [0.15, 0.2) is 5.60 Å². The molecular formula is C17H17F2NO2S. The average molecular weight is 337 g/mol. The zero-order chi connectivity index (χ0) is 16.4. The smallest absolute Gasteiger partial charge is 0.163 e. The third kappa shape index (κ3) is 3.59. The molecule has 3 rings (SSSR count). The normalized spacial score (nSPS) is 20.4. The third-order valence-electron chi connectivity index (χ3n) is 3.66. The molecule has 2 aromatic rings. The van der Waals surface area contributed by atoms with Crippen molar-refractivity contribution in [1.29, 1.82) is 0 Å². The van der Waals surface area contributed by atoms with Crippen molar-refractivity contribution in [2.45, 2.75) is 32.5 Å². The van der Waals surface area contributed by atoms with Crippen LogP contribution >= 0.6 is 11.3 Å². The number of benzene rings is 1. The quantitative estimate of drug-likeness (QED) is 0.808. The summed E-state index contributed by atoms with van der Waals surface area (Å²) >= 11 is 1.66. The summed E-state index contributed by atoms with van der Waals surface area (Å²) in [5.74, 6) is -1.21. The molecule has 23 heavy (non-hydrogen) atoms.